The molecule has 5 aliphatic rings. The van der Waals surface area contributed by atoms with Crippen molar-refractivity contribution in [2.45, 2.75) is 146 Å². The lowest BCUT2D eigenvalue weighted by atomic mass is 9.33. The first-order chi connectivity index (χ1) is 23.3. The molecule has 0 saturated heterocycles. The number of allylic oxidation sites excluding steroid dienone is 2. The summed E-state index contributed by atoms with van der Waals surface area (Å²) in [4.78, 5) is 42.9. The van der Waals surface area contributed by atoms with Crippen LogP contribution in [0.3, 0.4) is 0 Å². The van der Waals surface area contributed by atoms with Crippen molar-refractivity contribution in [2.75, 3.05) is 6.54 Å². The number of aliphatic carboxylic acids is 1. The van der Waals surface area contributed by atoms with E-state index in [1.54, 1.807) is 19.4 Å². The number of nitrogens with zero attached hydrogens (tertiary/aromatic N) is 1. The van der Waals surface area contributed by atoms with Crippen LogP contribution in [-0.2, 0) is 25.7 Å². The van der Waals surface area contributed by atoms with Crippen LogP contribution >= 0.6 is 0 Å². The molecular formula is C43H64N2O5. The Kier molecular flexibility index (Phi) is 9.56. The van der Waals surface area contributed by atoms with Gasteiger partial charge in [0.15, 0.2) is 5.78 Å². The van der Waals surface area contributed by atoms with Gasteiger partial charge in [-0.05, 0) is 141 Å². The van der Waals surface area contributed by atoms with Crippen molar-refractivity contribution in [1.82, 2.24) is 10.3 Å². The highest BCUT2D eigenvalue weighted by Crippen LogP contribution is 2.77. The second-order valence-electron chi connectivity index (χ2n) is 19.5. The fraction of sp³-hybridized carbons (Fsp3) is 0.767. The zero-order valence-corrected chi connectivity index (χ0v) is 32.4. The molecule has 8 atom stereocenters. The fourth-order valence-electron chi connectivity index (χ4n) is 12.9. The zero-order valence-electron chi connectivity index (χ0n) is 32.4. The summed E-state index contributed by atoms with van der Waals surface area (Å²) in [6.45, 7) is 21.8. The van der Waals surface area contributed by atoms with Gasteiger partial charge < -0.3 is 15.2 Å². The van der Waals surface area contributed by atoms with Gasteiger partial charge in [-0.25, -0.2) is 0 Å². The minimum atomic E-state index is -1.14. The summed E-state index contributed by atoms with van der Waals surface area (Å²) in [6, 6.07) is 4.13. The zero-order chi connectivity index (χ0) is 36.5. The van der Waals surface area contributed by atoms with Crippen LogP contribution in [0.4, 0.5) is 0 Å². The number of Topliss-reactive ketones (excluding diaryl/α,β-unsaturated/α-hetero) is 1. The van der Waals surface area contributed by atoms with E-state index in [-0.39, 0.29) is 45.5 Å². The van der Waals surface area contributed by atoms with Crippen molar-refractivity contribution in [1.29, 1.82) is 0 Å². The molecule has 5 aliphatic carbocycles. The number of fused-ring (bicyclic) bond motifs is 7. The lowest BCUT2D eigenvalue weighted by molar-refractivity contribution is -0.233. The Bertz CT molecular complexity index is 1530. The van der Waals surface area contributed by atoms with Gasteiger partial charge in [0.1, 0.15) is 6.10 Å². The lowest BCUT2D eigenvalue weighted by Crippen LogP contribution is -2.65. The Morgan fingerprint density at radius 3 is 2.32 bits per heavy atom. The van der Waals surface area contributed by atoms with Gasteiger partial charge in [-0.2, -0.15) is 0 Å². The van der Waals surface area contributed by atoms with E-state index in [9.17, 15) is 19.5 Å². The van der Waals surface area contributed by atoms with Gasteiger partial charge >= 0.3 is 11.9 Å². The van der Waals surface area contributed by atoms with Crippen molar-refractivity contribution in [3.8, 4) is 0 Å². The third-order valence-corrected chi connectivity index (χ3v) is 15.8. The number of ether oxygens (including phenoxy) is 1. The van der Waals surface area contributed by atoms with Crippen molar-refractivity contribution in [3.63, 3.8) is 0 Å². The number of carbonyl (C=O) groups excluding carboxylic acids is 2. The minimum Gasteiger partial charge on any atom is -0.481 e. The highest BCUT2D eigenvalue weighted by Gasteiger charge is 2.70. The Balaban J connectivity index is 1.24. The number of hydrogen-bond acceptors (Lipinski definition) is 6. The third kappa shape index (κ3) is 5.80. The second-order valence-corrected chi connectivity index (χ2v) is 19.5. The number of aromatic nitrogens is 1. The molecule has 276 valence electrons. The fourth-order valence-corrected chi connectivity index (χ4v) is 12.9. The molecule has 7 heteroatoms. The van der Waals surface area contributed by atoms with Gasteiger partial charge in [0, 0.05) is 36.2 Å². The normalized spacial score (nSPS) is 37.8. The van der Waals surface area contributed by atoms with Crippen LogP contribution in [0.5, 0.6) is 0 Å². The third-order valence-electron chi connectivity index (χ3n) is 15.8. The average molecular weight is 689 g/mol. The van der Waals surface area contributed by atoms with E-state index in [2.05, 4.69) is 70.9 Å². The predicted octanol–water partition coefficient (Wildman–Crippen LogP) is 8.95. The van der Waals surface area contributed by atoms with E-state index in [1.807, 2.05) is 12.4 Å². The number of ketones is 1. The van der Waals surface area contributed by atoms with E-state index < -0.39 is 17.4 Å². The van der Waals surface area contributed by atoms with Crippen LogP contribution in [0.2, 0.25) is 0 Å². The first-order valence-electron chi connectivity index (χ1n) is 19.6. The van der Waals surface area contributed by atoms with Gasteiger partial charge in [0.05, 0.1) is 11.8 Å². The number of esters is 1. The molecule has 0 amide bonds. The molecular weight excluding hydrogens is 624 g/mol. The van der Waals surface area contributed by atoms with Crippen molar-refractivity contribution in [3.05, 3.63) is 41.2 Å². The molecule has 4 saturated carbocycles. The molecule has 0 spiro atoms. The molecule has 1 heterocycles. The number of carbonyl (C=O) groups is 3. The minimum absolute atomic E-state index is 0.0322. The monoisotopic (exact) mass is 688 g/mol. The van der Waals surface area contributed by atoms with Crippen molar-refractivity contribution < 1.29 is 24.2 Å². The molecule has 0 bridgehead atoms. The van der Waals surface area contributed by atoms with Gasteiger partial charge in [-0.3, -0.25) is 19.4 Å². The number of pyridine rings is 1. The maximum absolute atomic E-state index is 14.0. The quantitative estimate of drug-likeness (QED) is 0.187. The molecule has 8 unspecified atom stereocenters. The molecule has 7 nitrogen and oxygen atoms in total. The average Bonchev–Trinajstić information content (AvgIpc) is 3.33. The summed E-state index contributed by atoms with van der Waals surface area (Å²) in [6.07, 6.45) is 13.7. The highest BCUT2D eigenvalue weighted by molar-refractivity contribution is 6.00. The van der Waals surface area contributed by atoms with Crippen LogP contribution in [-0.4, -0.2) is 40.5 Å². The van der Waals surface area contributed by atoms with Crippen LogP contribution in [0, 0.1) is 56.2 Å². The first kappa shape index (κ1) is 37.2. The predicted molar refractivity (Wildman–Crippen MR) is 196 cm³/mol. The van der Waals surface area contributed by atoms with E-state index in [0.717, 1.165) is 63.6 Å². The van der Waals surface area contributed by atoms with Crippen LogP contribution < -0.4 is 5.32 Å². The molecule has 0 aromatic carbocycles. The van der Waals surface area contributed by atoms with Gasteiger partial charge in [0.2, 0.25) is 0 Å². The standard InChI is InChI=1S/C43H64N2O5/c1-27(2)35-30(46)24-43(20-23-45-26-28-14-21-44-22-15-28)19-18-41(8)29(36(35)43)10-11-32-40(7)16-13-33(50-34(47)25-38(3,4)37(48)49)39(5,6)31(40)12-17-42(32,41)9/h14-15,21-22,27,29,31-33,45H,10-13,16-20,23-26H2,1-9H3,(H,48,49). The molecule has 1 aromatic heterocycles. The van der Waals surface area contributed by atoms with Crippen molar-refractivity contribution in [2.24, 2.45) is 56.2 Å². The molecule has 50 heavy (non-hydrogen) atoms. The summed E-state index contributed by atoms with van der Waals surface area (Å²) in [5.41, 5.74) is 2.96. The Morgan fingerprint density at radius 1 is 0.960 bits per heavy atom. The van der Waals surface area contributed by atoms with E-state index in [1.165, 1.54) is 18.4 Å². The van der Waals surface area contributed by atoms with Crippen LogP contribution in [0.15, 0.2) is 35.7 Å². The molecule has 0 radical (unpaired) electrons. The maximum atomic E-state index is 14.0. The number of nitrogens with one attached hydrogen (secondary N) is 1. The highest BCUT2D eigenvalue weighted by atomic mass is 16.5. The first-order valence-corrected chi connectivity index (χ1v) is 19.6. The van der Waals surface area contributed by atoms with Gasteiger partial charge in [-0.1, -0.05) is 54.0 Å². The Labute approximate surface area is 301 Å². The summed E-state index contributed by atoms with van der Waals surface area (Å²) in [5.74, 6) is 0.682. The second kappa shape index (κ2) is 12.8. The smallest absolute Gasteiger partial charge is 0.309 e. The number of hydrogen-bond donors (Lipinski definition) is 2. The summed E-state index contributed by atoms with van der Waals surface area (Å²) in [5, 5.41) is 13.3. The molecule has 4 fully saturated rings. The van der Waals surface area contributed by atoms with E-state index >= 15 is 0 Å². The summed E-state index contributed by atoms with van der Waals surface area (Å²) in [7, 11) is 0. The SMILES string of the molecule is CC(C)C1=C2C3CCC4C5(C)CCC(OC(=O)CC(C)(C)C(=O)O)C(C)(C)C5CCC4(C)C3(C)CCC2(CCNCc2ccncc2)CC1=O. The maximum Gasteiger partial charge on any atom is 0.309 e. The number of carboxylic acid groups (broad SMARTS) is 1. The van der Waals surface area contributed by atoms with E-state index in [4.69, 9.17) is 4.74 Å². The van der Waals surface area contributed by atoms with Crippen LogP contribution in [0.25, 0.3) is 0 Å². The summed E-state index contributed by atoms with van der Waals surface area (Å²) >= 11 is 0. The topological polar surface area (TPSA) is 106 Å². The number of carboxylic acids is 1. The Hall–Kier alpha value is -2.54. The number of rotatable bonds is 10. The molecule has 1 aromatic rings. The van der Waals surface area contributed by atoms with Crippen molar-refractivity contribution >= 4 is 17.7 Å². The van der Waals surface area contributed by atoms with Gasteiger partial charge in [0.25, 0.3) is 0 Å². The Morgan fingerprint density at radius 2 is 1.66 bits per heavy atom. The lowest BCUT2D eigenvalue weighted by Gasteiger charge is -2.72. The largest absolute Gasteiger partial charge is 0.481 e. The van der Waals surface area contributed by atoms with E-state index in [0.29, 0.717) is 30.0 Å². The van der Waals surface area contributed by atoms with Gasteiger partial charge in [-0.15, -0.1) is 0 Å². The molecule has 6 rings (SSSR count). The van der Waals surface area contributed by atoms with Crippen LogP contribution in [0.1, 0.15) is 139 Å². The molecule has 0 aliphatic heterocycles. The molecule has 2 N–H and O–H groups in total. The summed E-state index contributed by atoms with van der Waals surface area (Å²) < 4.78 is 6.17.